The van der Waals surface area contributed by atoms with Crippen molar-refractivity contribution in [2.24, 2.45) is 0 Å². The standard InChI is InChI=1S/HIO3S/c1-5(3)4-2/h2H/i/hD. The molecule has 1 atom stereocenters. The molecule has 0 aliphatic rings. The summed E-state index contributed by atoms with van der Waals surface area (Å²) in [6, 6.07) is 0. The molecule has 0 radical (unpaired) electrons. The molecule has 1 unspecified atom stereocenters. The van der Waals surface area contributed by atoms with Gasteiger partial charge >= 0.3 is 0 Å². The van der Waals surface area contributed by atoms with E-state index in [0.29, 0.717) is 0 Å². The van der Waals surface area contributed by atoms with E-state index in [4.69, 9.17) is 1.43 Å². The Morgan fingerprint density at radius 3 is 3.00 bits per heavy atom. The van der Waals surface area contributed by atoms with Gasteiger partial charge in [-0.1, -0.05) is 0 Å². The van der Waals surface area contributed by atoms with Crippen LogP contribution in [0, 0.1) is 0 Å². The molecule has 0 spiro atoms. The molecule has 0 aromatic carbocycles. The summed E-state index contributed by atoms with van der Waals surface area (Å²) in [5.41, 5.74) is 0. The van der Waals surface area contributed by atoms with Crippen molar-refractivity contribution >= 4 is 29.5 Å². The van der Waals surface area contributed by atoms with Crippen LogP contribution >= 0.6 is 21.2 Å². The predicted molar refractivity (Wildman–Crippen MR) is 25.9 cm³/mol. The molecular formula is HIO3S. The maximum atomic E-state index is 9.67. The largest absolute Gasteiger partial charge is 0.256 e. The molecule has 0 saturated heterocycles. The lowest BCUT2D eigenvalue weighted by molar-refractivity contribution is -0.120. The first kappa shape index (κ1) is 3.97. The Morgan fingerprint density at radius 1 is 2.40 bits per heavy atom. The van der Waals surface area contributed by atoms with Crippen molar-refractivity contribution in [3.8, 4) is 0 Å². The maximum absolute atomic E-state index is 9.67. The van der Waals surface area contributed by atoms with Crippen LogP contribution in [-0.2, 0) is 12.6 Å². The van der Waals surface area contributed by atoms with E-state index in [1.165, 1.54) is 21.2 Å². The van der Waals surface area contributed by atoms with Crippen LogP contribution < -0.4 is 0 Å². The van der Waals surface area contributed by atoms with Gasteiger partial charge < -0.3 is 0 Å². The summed E-state index contributed by atoms with van der Waals surface area (Å²) >= 11 is 1.45. The van der Waals surface area contributed by atoms with Crippen LogP contribution in [0.3, 0.4) is 0 Å². The van der Waals surface area contributed by atoms with Gasteiger partial charge in [0.2, 0.25) is 8.25 Å². The molecule has 0 heterocycles. The van der Waals surface area contributed by atoms with E-state index >= 15 is 0 Å². The molecule has 0 aromatic rings. The monoisotopic (exact) mass is 209 g/mol. The molecule has 0 amide bonds. The molecule has 32 valence electrons. The third kappa shape index (κ3) is 4.80. The summed E-state index contributed by atoms with van der Waals surface area (Å²) in [6.45, 7) is 0. The first-order valence-corrected chi connectivity index (χ1v) is 4.27. The molecule has 0 aliphatic heterocycles. The number of halogens is 1. The van der Waals surface area contributed by atoms with E-state index in [0.717, 1.165) is 0 Å². The van der Waals surface area contributed by atoms with Gasteiger partial charge in [0.25, 0.3) is 1.43 Å². The van der Waals surface area contributed by atoms with Gasteiger partial charge in [-0.05, 0) is 0 Å². The molecule has 0 rings (SSSR count). The third-order valence-electron chi connectivity index (χ3n) is 0.0535. The lowest BCUT2D eigenvalue weighted by Gasteiger charge is -1.72. The van der Waals surface area contributed by atoms with Crippen molar-refractivity contribution in [2.45, 2.75) is 0 Å². The van der Waals surface area contributed by atoms with Crippen LogP contribution in [0.4, 0.5) is 0 Å². The van der Waals surface area contributed by atoms with Crippen molar-refractivity contribution in [2.75, 3.05) is 0 Å². The highest BCUT2D eigenvalue weighted by Gasteiger charge is 1.79. The molecule has 5 heteroatoms. The molecule has 0 aromatic heterocycles. The van der Waals surface area contributed by atoms with Gasteiger partial charge in [-0.15, -0.1) is 4.33 Å². The highest BCUT2D eigenvalue weighted by Crippen LogP contribution is 1.89. The zero-order chi connectivity index (χ0) is 4.99. The van der Waals surface area contributed by atoms with Crippen molar-refractivity contribution < 1.29 is 13.8 Å². The Bertz CT molecular complexity index is 54.8. The van der Waals surface area contributed by atoms with E-state index in [1.807, 2.05) is 0 Å². The normalized spacial score (nSPS) is 17.4. The van der Waals surface area contributed by atoms with E-state index in [2.05, 4.69) is 9.59 Å². The lowest BCUT2D eigenvalue weighted by Crippen LogP contribution is -1.74. The van der Waals surface area contributed by atoms with Crippen molar-refractivity contribution in [3.63, 3.8) is 0 Å². The number of hydrogen-bond donors (Lipinski definition) is 1. The topological polar surface area (TPSA) is 46.5 Å². The van der Waals surface area contributed by atoms with E-state index in [1.54, 1.807) is 0 Å². The Morgan fingerprint density at radius 2 is 3.00 bits per heavy atom. The Kier molecular flexibility index (Phi) is 2.39. The lowest BCUT2D eigenvalue weighted by atomic mass is 15.0. The van der Waals surface area contributed by atoms with Crippen molar-refractivity contribution in [1.29, 1.82) is 1.43 Å². The minimum atomic E-state index is -1.51. The molecule has 1 N–H and O–H groups in total. The van der Waals surface area contributed by atoms with Crippen LogP contribution in [0.2, 0.25) is 0 Å². The fourth-order valence-electron chi connectivity index (χ4n) is 0. The van der Waals surface area contributed by atoms with Gasteiger partial charge in [0.05, 0.1) is 21.2 Å². The van der Waals surface area contributed by atoms with Gasteiger partial charge in [0.1, 0.15) is 0 Å². The summed E-state index contributed by atoms with van der Waals surface area (Å²) in [5.74, 6) is 0. The zero-order valence-electron chi connectivity index (χ0n) is 3.01. The third-order valence-corrected chi connectivity index (χ3v) is 0.601. The fraction of sp³-hybridized carbons (Fsp3) is 0. The average molecular weight is 209 g/mol. The van der Waals surface area contributed by atoms with Gasteiger partial charge in [0.15, 0.2) is 0 Å². The second kappa shape index (κ2) is 3.01. The van der Waals surface area contributed by atoms with Gasteiger partial charge in [-0.2, -0.15) is 0 Å². The molecule has 5 heavy (non-hydrogen) atoms. The summed E-state index contributed by atoms with van der Waals surface area (Å²) in [7, 11) is -1.51. The minimum Gasteiger partial charge on any atom is -0.236 e. The molecule has 0 bridgehead atoms. The summed E-state index contributed by atoms with van der Waals surface area (Å²) in [5, 5.41) is 3.25. The first-order valence-electron chi connectivity index (χ1n) is 1.06. The van der Waals surface area contributed by atoms with E-state index < -0.39 is 8.25 Å². The van der Waals surface area contributed by atoms with Crippen LogP contribution in [-0.4, -0.2) is 9.47 Å². The molecule has 0 aliphatic carbocycles. The Labute approximate surface area is 45.0 Å². The fourth-order valence-corrected chi connectivity index (χ4v) is 0. The molecule has 0 saturated carbocycles. The van der Waals surface area contributed by atoms with Crippen LogP contribution in [0.1, 0.15) is 0 Å². The van der Waals surface area contributed by atoms with Gasteiger partial charge in [-0.3, -0.25) is 0 Å². The van der Waals surface area contributed by atoms with Gasteiger partial charge in [-0.25, -0.2) is 9.47 Å². The first-order chi connectivity index (χ1) is 2.77. The highest BCUT2D eigenvalue weighted by molar-refractivity contribution is 14.2. The minimum absolute atomic E-state index is 1.45. The van der Waals surface area contributed by atoms with Crippen LogP contribution in [0.25, 0.3) is 1.43 Å². The van der Waals surface area contributed by atoms with Crippen LogP contribution in [0.15, 0.2) is 0 Å². The second-order valence-electron chi connectivity index (χ2n) is 0.262. The quantitative estimate of drug-likeness (QED) is 0.311. The van der Waals surface area contributed by atoms with E-state index in [9.17, 15) is 4.21 Å². The summed E-state index contributed by atoms with van der Waals surface area (Å²) in [4.78, 5) is 0. The Balaban J connectivity index is 2.83. The average Bonchev–Trinajstić information content (AvgIpc) is 1.35. The number of rotatable bonds is 2. The zero-order valence-corrected chi connectivity index (χ0v) is 4.98. The van der Waals surface area contributed by atoms with Crippen molar-refractivity contribution in [3.05, 3.63) is 0 Å². The highest BCUT2D eigenvalue weighted by atomic mass is 127. The SMILES string of the molecule is [2H]OOS(=O)I. The van der Waals surface area contributed by atoms with Crippen molar-refractivity contribution in [1.82, 2.24) is 0 Å². The Hall–Kier alpha value is 0.800. The second-order valence-corrected chi connectivity index (χ2v) is 2.94. The van der Waals surface area contributed by atoms with Crippen LogP contribution in [0.5, 0.6) is 0 Å². The summed E-state index contributed by atoms with van der Waals surface area (Å²) < 4.78 is 19.2. The summed E-state index contributed by atoms with van der Waals surface area (Å²) in [6.07, 6.45) is 0. The smallest absolute Gasteiger partial charge is 0.236 e. The molecule has 3 nitrogen and oxygen atoms in total. The molecule has 0 fully saturated rings. The molecular weight excluding hydrogens is 207 g/mol. The van der Waals surface area contributed by atoms with Gasteiger partial charge in [0, 0.05) is 0 Å². The van der Waals surface area contributed by atoms with E-state index in [-0.39, 0.29) is 0 Å². The number of hydrogen-bond acceptors (Lipinski definition) is 3. The predicted octanol–water partition coefficient (Wildman–Crippen LogP) is 0.490. The maximum Gasteiger partial charge on any atom is 0.256 e.